The summed E-state index contributed by atoms with van der Waals surface area (Å²) in [6.07, 6.45) is 5.52. The summed E-state index contributed by atoms with van der Waals surface area (Å²) in [5.74, 6) is 1.18. The van der Waals surface area contributed by atoms with Gasteiger partial charge in [0.05, 0.1) is 11.1 Å². The van der Waals surface area contributed by atoms with Gasteiger partial charge in [0.25, 0.3) is 0 Å². The van der Waals surface area contributed by atoms with Crippen molar-refractivity contribution in [3.63, 3.8) is 0 Å². The van der Waals surface area contributed by atoms with Gasteiger partial charge < -0.3 is 10.2 Å². The Balaban J connectivity index is 1.20. The van der Waals surface area contributed by atoms with Crippen LogP contribution in [-0.2, 0) is 10.2 Å². The van der Waals surface area contributed by atoms with Gasteiger partial charge in [0.2, 0.25) is 5.91 Å². The summed E-state index contributed by atoms with van der Waals surface area (Å²) in [6, 6.07) is 20.3. The van der Waals surface area contributed by atoms with Gasteiger partial charge in [0, 0.05) is 42.0 Å². The van der Waals surface area contributed by atoms with E-state index in [4.69, 9.17) is 16.6 Å². The first kappa shape index (κ1) is 22.2. The van der Waals surface area contributed by atoms with Gasteiger partial charge in [-0.3, -0.25) is 4.79 Å². The fourth-order valence-electron chi connectivity index (χ4n) is 5.23. The highest BCUT2D eigenvalue weighted by molar-refractivity contribution is 6.36. The van der Waals surface area contributed by atoms with Gasteiger partial charge in [-0.1, -0.05) is 60.1 Å². The number of likely N-dealkylation sites (tertiary alicyclic amines) is 1. The summed E-state index contributed by atoms with van der Waals surface area (Å²) in [5, 5.41) is 8.92. The van der Waals surface area contributed by atoms with E-state index in [1.165, 1.54) is 0 Å². The van der Waals surface area contributed by atoms with E-state index >= 15 is 0 Å². The second-order valence-electron chi connectivity index (χ2n) is 9.73. The van der Waals surface area contributed by atoms with Crippen molar-refractivity contribution >= 4 is 42.3 Å². The molecular formula is C27H27BClN5O. The van der Waals surface area contributed by atoms with E-state index in [9.17, 15) is 4.79 Å². The average molecular weight is 484 g/mol. The number of nitrogens with one attached hydrogen (secondary N) is 1. The molecule has 1 N–H and O–H groups in total. The Bertz CT molecular complexity index is 1390. The second-order valence-corrected chi connectivity index (χ2v) is 10.1. The lowest BCUT2D eigenvalue weighted by molar-refractivity contribution is -0.134. The number of amides is 1. The molecule has 1 aliphatic carbocycles. The SMILES string of the molecule is Bc1cnn2c(NC3CCN(C(=O)C4(c5ccccc5)CC4)CC3)cc(-c3ccccc3Cl)nc12. The average Bonchev–Trinajstić information content (AvgIpc) is 3.62. The maximum atomic E-state index is 13.4. The van der Waals surface area contributed by atoms with Crippen LogP contribution < -0.4 is 10.8 Å². The van der Waals surface area contributed by atoms with Crippen LogP contribution in [0.4, 0.5) is 5.82 Å². The lowest BCUT2D eigenvalue weighted by Crippen LogP contribution is -2.46. The first-order chi connectivity index (χ1) is 17.0. The molecule has 2 fully saturated rings. The van der Waals surface area contributed by atoms with Crippen molar-refractivity contribution in [3.8, 4) is 11.3 Å². The maximum absolute atomic E-state index is 13.4. The highest BCUT2D eigenvalue weighted by Gasteiger charge is 2.53. The third-order valence-electron chi connectivity index (χ3n) is 7.42. The van der Waals surface area contributed by atoms with Crippen molar-refractivity contribution < 1.29 is 4.79 Å². The predicted octanol–water partition coefficient (Wildman–Crippen LogP) is 3.44. The molecule has 1 amide bonds. The maximum Gasteiger partial charge on any atom is 0.233 e. The first-order valence-corrected chi connectivity index (χ1v) is 12.6. The molecule has 35 heavy (non-hydrogen) atoms. The third kappa shape index (κ3) is 3.98. The summed E-state index contributed by atoms with van der Waals surface area (Å²) in [4.78, 5) is 20.3. The molecule has 6 nitrogen and oxygen atoms in total. The number of nitrogens with zero attached hydrogens (tertiary/aromatic N) is 4. The molecule has 0 radical (unpaired) electrons. The van der Waals surface area contributed by atoms with Crippen LogP contribution in [0.3, 0.4) is 0 Å². The number of hydrogen-bond acceptors (Lipinski definition) is 4. The lowest BCUT2D eigenvalue weighted by Gasteiger charge is -2.35. The standard InChI is InChI=1S/C27H27BClN5O/c28-21-17-30-34-24(16-23(32-25(21)34)20-8-4-5-9-22(20)29)31-19-10-14-33(15-11-19)26(35)27(12-13-27)18-6-2-1-3-7-18/h1-9,16-17,19,31H,10-15,28H2. The van der Waals surface area contributed by atoms with E-state index in [-0.39, 0.29) is 17.4 Å². The van der Waals surface area contributed by atoms with Crippen molar-refractivity contribution in [1.82, 2.24) is 19.5 Å². The summed E-state index contributed by atoms with van der Waals surface area (Å²) in [6.45, 7) is 1.52. The molecular weight excluding hydrogens is 457 g/mol. The fourth-order valence-corrected chi connectivity index (χ4v) is 5.46. The van der Waals surface area contributed by atoms with Crippen molar-refractivity contribution in [2.45, 2.75) is 37.1 Å². The molecule has 8 heteroatoms. The monoisotopic (exact) mass is 483 g/mol. The van der Waals surface area contributed by atoms with Crippen LogP contribution in [0.25, 0.3) is 16.9 Å². The number of piperidine rings is 1. The molecule has 2 aliphatic rings. The fraction of sp³-hybridized carbons (Fsp3) is 0.296. The van der Waals surface area contributed by atoms with E-state index in [1.54, 1.807) is 0 Å². The molecule has 1 saturated heterocycles. The zero-order chi connectivity index (χ0) is 24.0. The number of aromatic nitrogens is 3. The Hall–Kier alpha value is -3.32. The lowest BCUT2D eigenvalue weighted by atomic mass is 9.93. The number of carbonyl (C=O) groups is 1. The molecule has 176 valence electrons. The smallest absolute Gasteiger partial charge is 0.233 e. The van der Waals surface area contributed by atoms with Gasteiger partial charge in [-0.05, 0) is 42.8 Å². The highest BCUT2D eigenvalue weighted by Crippen LogP contribution is 2.49. The van der Waals surface area contributed by atoms with Crippen LogP contribution in [0.15, 0.2) is 66.9 Å². The van der Waals surface area contributed by atoms with Crippen LogP contribution >= 0.6 is 11.6 Å². The number of rotatable bonds is 5. The molecule has 2 aromatic carbocycles. The van der Waals surface area contributed by atoms with Gasteiger partial charge >= 0.3 is 0 Å². The number of carbonyl (C=O) groups excluding carboxylic acids is 1. The Kier molecular flexibility index (Phi) is 5.52. The molecule has 0 spiro atoms. The summed E-state index contributed by atoms with van der Waals surface area (Å²) < 4.78 is 1.86. The van der Waals surface area contributed by atoms with Gasteiger partial charge in [-0.25, -0.2) is 4.98 Å². The normalized spacial score (nSPS) is 17.5. The highest BCUT2D eigenvalue weighted by atomic mass is 35.5. The topological polar surface area (TPSA) is 62.5 Å². The zero-order valence-corrected chi connectivity index (χ0v) is 20.5. The van der Waals surface area contributed by atoms with Crippen molar-refractivity contribution in [2.24, 2.45) is 0 Å². The zero-order valence-electron chi connectivity index (χ0n) is 19.7. The van der Waals surface area contributed by atoms with E-state index in [2.05, 4.69) is 27.4 Å². The number of fused-ring (bicyclic) bond motifs is 1. The van der Waals surface area contributed by atoms with E-state index in [0.717, 1.165) is 72.5 Å². The van der Waals surface area contributed by atoms with Crippen molar-refractivity contribution in [3.05, 3.63) is 77.4 Å². The van der Waals surface area contributed by atoms with E-state index in [0.29, 0.717) is 5.02 Å². The predicted molar refractivity (Wildman–Crippen MR) is 142 cm³/mol. The Morgan fingerprint density at radius 3 is 2.49 bits per heavy atom. The molecule has 0 atom stereocenters. The second kappa shape index (κ2) is 8.72. The largest absolute Gasteiger partial charge is 0.367 e. The number of benzene rings is 2. The van der Waals surface area contributed by atoms with E-state index in [1.807, 2.05) is 67.1 Å². The minimum absolute atomic E-state index is 0.250. The van der Waals surface area contributed by atoms with Crippen LogP contribution in [-0.4, -0.2) is 52.4 Å². The Labute approximate surface area is 210 Å². The third-order valence-corrected chi connectivity index (χ3v) is 7.75. The van der Waals surface area contributed by atoms with Crippen molar-refractivity contribution in [2.75, 3.05) is 18.4 Å². The van der Waals surface area contributed by atoms with Crippen LogP contribution in [0.2, 0.25) is 5.02 Å². The summed E-state index contributed by atoms with van der Waals surface area (Å²) in [5.41, 5.74) is 4.41. The van der Waals surface area contributed by atoms with Crippen LogP contribution in [0.1, 0.15) is 31.2 Å². The molecule has 0 bridgehead atoms. The number of hydrogen-bond donors (Lipinski definition) is 1. The Morgan fingerprint density at radius 2 is 1.77 bits per heavy atom. The van der Waals surface area contributed by atoms with Gasteiger partial charge in [-0.2, -0.15) is 9.61 Å². The summed E-state index contributed by atoms with van der Waals surface area (Å²) >= 11 is 6.48. The quantitative estimate of drug-likeness (QED) is 0.442. The van der Waals surface area contributed by atoms with Gasteiger partial charge in [0.1, 0.15) is 13.7 Å². The number of halogens is 1. The molecule has 1 aliphatic heterocycles. The van der Waals surface area contributed by atoms with Gasteiger partial charge in [-0.15, -0.1) is 0 Å². The molecule has 1 saturated carbocycles. The number of anilines is 1. The molecule has 3 heterocycles. The molecule has 4 aromatic rings. The minimum Gasteiger partial charge on any atom is -0.367 e. The van der Waals surface area contributed by atoms with Crippen molar-refractivity contribution in [1.29, 1.82) is 0 Å². The Morgan fingerprint density at radius 1 is 1.06 bits per heavy atom. The molecule has 0 unspecified atom stereocenters. The van der Waals surface area contributed by atoms with Gasteiger partial charge in [0.15, 0.2) is 5.65 Å². The van der Waals surface area contributed by atoms with E-state index < -0.39 is 0 Å². The van der Waals surface area contributed by atoms with Crippen LogP contribution in [0, 0.1) is 0 Å². The summed E-state index contributed by atoms with van der Waals surface area (Å²) in [7, 11) is 2.01. The first-order valence-electron chi connectivity index (χ1n) is 12.3. The minimum atomic E-state index is -0.296. The van der Waals surface area contributed by atoms with Crippen LogP contribution in [0.5, 0.6) is 0 Å². The molecule has 6 rings (SSSR count). The molecule has 2 aromatic heterocycles.